The third kappa shape index (κ3) is 1.14. The van der Waals surface area contributed by atoms with Gasteiger partial charge in [0, 0.05) is 0 Å². The van der Waals surface area contributed by atoms with Crippen LogP contribution in [-0.2, 0) is 0 Å². The van der Waals surface area contributed by atoms with Crippen LogP contribution >= 0.6 is 11.3 Å². The zero-order valence-corrected chi connectivity index (χ0v) is 7.11. The van der Waals surface area contributed by atoms with Crippen molar-refractivity contribution < 1.29 is 0 Å². The molecule has 1 aromatic carbocycles. The van der Waals surface area contributed by atoms with Crippen molar-refractivity contribution in [1.82, 2.24) is 4.98 Å². The molecule has 0 N–H and O–H groups in total. The maximum Gasteiger partial charge on any atom is 0.0907 e. The van der Waals surface area contributed by atoms with E-state index in [2.05, 4.69) is 18.0 Å². The Labute approximate surface area is 69.7 Å². The summed E-state index contributed by atoms with van der Waals surface area (Å²) in [5, 5.41) is 1.12. The Morgan fingerprint density at radius 3 is 3.09 bits per heavy atom. The van der Waals surface area contributed by atoms with Crippen LogP contribution in [-0.4, -0.2) is 4.98 Å². The number of fused-ring (bicyclic) bond motifs is 1. The topological polar surface area (TPSA) is 12.9 Å². The second-order valence-electron chi connectivity index (χ2n) is 2.53. The van der Waals surface area contributed by atoms with E-state index in [4.69, 9.17) is 0 Å². The second-order valence-corrected chi connectivity index (χ2v) is 3.77. The van der Waals surface area contributed by atoms with Gasteiger partial charge in [0.2, 0.25) is 0 Å². The molecule has 1 aromatic heterocycles. The lowest BCUT2D eigenvalue weighted by Gasteiger charge is -1.88. The zero-order chi connectivity index (χ0) is 7.84. The summed E-state index contributed by atoms with van der Waals surface area (Å²) >= 11 is 1.72. The normalized spacial score (nSPS) is 10.7. The Kier molecular flexibility index (Phi) is 1.43. The smallest absolute Gasteiger partial charge is 0.0907 e. The SMILES string of the molecule is [CH2]c1ccc2nc(C)sc2c1. The molecule has 0 amide bonds. The van der Waals surface area contributed by atoms with E-state index in [1.54, 1.807) is 11.3 Å². The average molecular weight is 162 g/mol. The predicted octanol–water partition coefficient (Wildman–Crippen LogP) is 2.79. The fourth-order valence-electron chi connectivity index (χ4n) is 1.08. The van der Waals surface area contributed by atoms with Crippen molar-refractivity contribution in [2.24, 2.45) is 0 Å². The summed E-state index contributed by atoms with van der Waals surface area (Å²) in [6.07, 6.45) is 0. The van der Waals surface area contributed by atoms with Crippen molar-refractivity contribution in [3.8, 4) is 0 Å². The minimum Gasteiger partial charge on any atom is -0.242 e. The fourth-order valence-corrected chi connectivity index (χ4v) is 1.98. The molecule has 0 unspecified atom stereocenters. The number of hydrogen-bond acceptors (Lipinski definition) is 2. The molecule has 55 valence electrons. The molecule has 0 aliphatic heterocycles. The number of thiazole rings is 1. The fraction of sp³-hybridized carbons (Fsp3) is 0.111. The van der Waals surface area contributed by atoms with Gasteiger partial charge in [0.1, 0.15) is 0 Å². The summed E-state index contributed by atoms with van der Waals surface area (Å²) in [7, 11) is 0. The molecule has 1 radical (unpaired) electrons. The van der Waals surface area contributed by atoms with Gasteiger partial charge in [-0.2, -0.15) is 0 Å². The molecular formula is C9H8NS. The molecule has 0 fully saturated rings. The first-order valence-corrected chi connectivity index (χ1v) is 4.26. The highest BCUT2D eigenvalue weighted by atomic mass is 32.1. The molecule has 2 aromatic rings. The third-order valence-electron chi connectivity index (χ3n) is 1.56. The maximum atomic E-state index is 4.34. The van der Waals surface area contributed by atoms with Crippen LogP contribution in [0.25, 0.3) is 10.2 Å². The van der Waals surface area contributed by atoms with Crippen LogP contribution in [0.1, 0.15) is 10.6 Å². The average Bonchev–Trinajstić information content (AvgIpc) is 2.27. The Balaban J connectivity index is 2.82. The van der Waals surface area contributed by atoms with Gasteiger partial charge in [-0.05, 0) is 31.5 Å². The first kappa shape index (κ1) is 6.80. The van der Waals surface area contributed by atoms with Crippen molar-refractivity contribution in [2.75, 3.05) is 0 Å². The number of aryl methyl sites for hydroxylation is 1. The van der Waals surface area contributed by atoms with Crippen molar-refractivity contribution in [1.29, 1.82) is 0 Å². The van der Waals surface area contributed by atoms with E-state index in [1.165, 1.54) is 4.70 Å². The monoisotopic (exact) mass is 162 g/mol. The van der Waals surface area contributed by atoms with Crippen molar-refractivity contribution in [3.05, 3.63) is 35.7 Å². The van der Waals surface area contributed by atoms with Crippen molar-refractivity contribution >= 4 is 21.6 Å². The quantitative estimate of drug-likeness (QED) is 0.580. The molecule has 0 spiro atoms. The maximum absolute atomic E-state index is 4.34. The van der Waals surface area contributed by atoms with Crippen LogP contribution in [0.3, 0.4) is 0 Å². The van der Waals surface area contributed by atoms with Gasteiger partial charge in [-0.25, -0.2) is 4.98 Å². The summed E-state index contributed by atoms with van der Waals surface area (Å²) < 4.78 is 1.23. The minimum absolute atomic E-state index is 1.06. The van der Waals surface area contributed by atoms with E-state index < -0.39 is 0 Å². The molecule has 1 heterocycles. The van der Waals surface area contributed by atoms with E-state index in [9.17, 15) is 0 Å². The highest BCUT2D eigenvalue weighted by molar-refractivity contribution is 7.18. The van der Waals surface area contributed by atoms with E-state index in [0.29, 0.717) is 0 Å². The molecule has 11 heavy (non-hydrogen) atoms. The molecule has 0 saturated heterocycles. The van der Waals surface area contributed by atoms with Gasteiger partial charge < -0.3 is 0 Å². The van der Waals surface area contributed by atoms with Crippen LogP contribution in [0, 0.1) is 13.8 Å². The van der Waals surface area contributed by atoms with Crippen LogP contribution in [0.5, 0.6) is 0 Å². The molecule has 2 rings (SSSR count). The zero-order valence-electron chi connectivity index (χ0n) is 6.29. The van der Waals surface area contributed by atoms with Crippen LogP contribution in [0.15, 0.2) is 18.2 Å². The van der Waals surface area contributed by atoms with E-state index in [-0.39, 0.29) is 0 Å². The molecule has 1 nitrogen and oxygen atoms in total. The van der Waals surface area contributed by atoms with Crippen LogP contribution in [0.2, 0.25) is 0 Å². The molecular weight excluding hydrogens is 154 g/mol. The van der Waals surface area contributed by atoms with Gasteiger partial charge in [0.05, 0.1) is 15.2 Å². The highest BCUT2D eigenvalue weighted by Gasteiger charge is 1.98. The number of benzene rings is 1. The van der Waals surface area contributed by atoms with Gasteiger partial charge in [-0.1, -0.05) is 6.07 Å². The van der Waals surface area contributed by atoms with Gasteiger partial charge >= 0.3 is 0 Å². The van der Waals surface area contributed by atoms with Crippen molar-refractivity contribution in [3.63, 3.8) is 0 Å². The summed E-state index contributed by atoms with van der Waals surface area (Å²) in [5.74, 6) is 0. The molecule has 0 bridgehead atoms. The predicted molar refractivity (Wildman–Crippen MR) is 48.8 cm³/mol. The van der Waals surface area contributed by atoms with E-state index in [1.807, 2.05) is 19.1 Å². The van der Waals surface area contributed by atoms with Crippen LogP contribution in [0.4, 0.5) is 0 Å². The summed E-state index contributed by atoms with van der Waals surface area (Å²) in [4.78, 5) is 4.34. The Morgan fingerprint density at radius 1 is 1.45 bits per heavy atom. The summed E-state index contributed by atoms with van der Waals surface area (Å²) in [6, 6.07) is 6.07. The molecule has 0 aliphatic rings. The highest BCUT2D eigenvalue weighted by Crippen LogP contribution is 2.21. The lowest BCUT2D eigenvalue weighted by atomic mass is 10.2. The number of hydrogen-bond donors (Lipinski definition) is 0. The Hall–Kier alpha value is -0.890. The van der Waals surface area contributed by atoms with Gasteiger partial charge in [-0.15, -0.1) is 11.3 Å². The standard InChI is InChI=1S/C9H8NS/c1-6-3-4-8-9(5-6)11-7(2)10-8/h3-5H,1H2,2H3. The first-order chi connectivity index (χ1) is 5.25. The van der Waals surface area contributed by atoms with Gasteiger partial charge in [0.25, 0.3) is 0 Å². The summed E-state index contributed by atoms with van der Waals surface area (Å²) in [6.45, 7) is 5.88. The molecule has 2 heteroatoms. The van der Waals surface area contributed by atoms with E-state index >= 15 is 0 Å². The minimum atomic E-state index is 1.06. The number of nitrogens with zero attached hydrogens (tertiary/aromatic N) is 1. The molecule has 0 saturated carbocycles. The van der Waals surface area contributed by atoms with Gasteiger partial charge in [-0.3, -0.25) is 0 Å². The second kappa shape index (κ2) is 2.31. The summed E-state index contributed by atoms with van der Waals surface area (Å²) in [5.41, 5.74) is 2.14. The largest absolute Gasteiger partial charge is 0.242 e. The first-order valence-electron chi connectivity index (χ1n) is 3.45. The van der Waals surface area contributed by atoms with Crippen LogP contribution < -0.4 is 0 Å². The molecule has 0 aliphatic carbocycles. The molecule has 0 atom stereocenters. The lowest BCUT2D eigenvalue weighted by molar-refractivity contribution is 1.35. The third-order valence-corrected chi connectivity index (χ3v) is 2.49. The number of rotatable bonds is 0. The lowest BCUT2D eigenvalue weighted by Crippen LogP contribution is -1.70. The number of aromatic nitrogens is 1. The Morgan fingerprint density at radius 2 is 2.27 bits per heavy atom. The van der Waals surface area contributed by atoms with Crippen molar-refractivity contribution in [2.45, 2.75) is 6.92 Å². The van der Waals surface area contributed by atoms with Gasteiger partial charge in [0.15, 0.2) is 0 Å². The Bertz CT molecular complexity index is 389. The van der Waals surface area contributed by atoms with E-state index in [0.717, 1.165) is 16.1 Å².